The van der Waals surface area contributed by atoms with Gasteiger partial charge < -0.3 is 20.7 Å². The van der Waals surface area contributed by atoms with Crippen LogP contribution in [-0.2, 0) is 14.3 Å². The molecule has 8 heteroatoms. The smallest absolute Gasteiger partial charge is 0.319 e. The number of urea groups is 1. The molecule has 0 saturated heterocycles. The first-order valence-corrected chi connectivity index (χ1v) is 9.17. The third-order valence-electron chi connectivity index (χ3n) is 4.50. The lowest BCUT2D eigenvalue weighted by Crippen LogP contribution is -2.31. The number of Topliss-reactive ketones (excluding diaryl/α,β-unsaturated/α-hetero) is 1. The van der Waals surface area contributed by atoms with Gasteiger partial charge in [0.1, 0.15) is 0 Å². The standard InChI is InChI=1S/C21H21N3O5/c1-13-16-11-14(7-8-17(16)24-20(13)27)18(25)12-29-19(26)9-10-22-21(28)23-15-5-3-2-4-6-15/h2-8,11,13H,9-10,12H2,1H3,(H,24,27)(H2,22,23,28)/t13-/m1/s1. The van der Waals surface area contributed by atoms with Crippen LogP contribution in [0.2, 0.25) is 0 Å². The number of rotatable bonds is 7. The minimum absolute atomic E-state index is 0.0604. The molecule has 0 spiro atoms. The molecule has 0 fully saturated rings. The van der Waals surface area contributed by atoms with Crippen molar-refractivity contribution in [1.29, 1.82) is 0 Å². The first kappa shape index (κ1) is 20.1. The van der Waals surface area contributed by atoms with E-state index in [-0.39, 0.29) is 30.6 Å². The number of anilines is 2. The van der Waals surface area contributed by atoms with Gasteiger partial charge in [-0.2, -0.15) is 0 Å². The van der Waals surface area contributed by atoms with Crippen molar-refractivity contribution in [2.24, 2.45) is 0 Å². The molecule has 29 heavy (non-hydrogen) atoms. The first-order chi connectivity index (χ1) is 13.9. The number of ketones is 1. The minimum atomic E-state index is -0.593. The Labute approximate surface area is 167 Å². The zero-order valence-electron chi connectivity index (χ0n) is 15.9. The van der Waals surface area contributed by atoms with E-state index < -0.39 is 18.6 Å². The average Bonchev–Trinajstić information content (AvgIpc) is 3.00. The van der Waals surface area contributed by atoms with Gasteiger partial charge in [0.2, 0.25) is 5.91 Å². The number of esters is 1. The summed E-state index contributed by atoms with van der Waals surface area (Å²) in [7, 11) is 0. The van der Waals surface area contributed by atoms with E-state index in [9.17, 15) is 19.2 Å². The molecule has 0 aromatic heterocycles. The highest BCUT2D eigenvalue weighted by Gasteiger charge is 2.27. The Morgan fingerprint density at radius 3 is 2.62 bits per heavy atom. The Hall–Kier alpha value is -3.68. The van der Waals surface area contributed by atoms with E-state index in [0.29, 0.717) is 16.9 Å². The van der Waals surface area contributed by atoms with Crippen LogP contribution in [0.15, 0.2) is 48.5 Å². The van der Waals surface area contributed by atoms with Crippen LogP contribution in [0, 0.1) is 0 Å². The van der Waals surface area contributed by atoms with Crippen LogP contribution >= 0.6 is 0 Å². The summed E-state index contributed by atoms with van der Waals surface area (Å²) in [6.45, 7) is 1.44. The van der Waals surface area contributed by atoms with Crippen LogP contribution in [0.3, 0.4) is 0 Å². The zero-order valence-corrected chi connectivity index (χ0v) is 15.9. The second-order valence-corrected chi connectivity index (χ2v) is 6.59. The maximum Gasteiger partial charge on any atom is 0.319 e. The van der Waals surface area contributed by atoms with Gasteiger partial charge in [0.25, 0.3) is 0 Å². The van der Waals surface area contributed by atoms with Gasteiger partial charge in [-0.05, 0) is 42.8 Å². The van der Waals surface area contributed by atoms with Crippen molar-refractivity contribution in [3.63, 3.8) is 0 Å². The summed E-state index contributed by atoms with van der Waals surface area (Å²) in [5.74, 6) is -1.39. The number of para-hydroxylation sites is 1. The number of amides is 3. The van der Waals surface area contributed by atoms with Gasteiger partial charge in [0.15, 0.2) is 12.4 Å². The number of nitrogens with one attached hydrogen (secondary N) is 3. The molecule has 150 valence electrons. The largest absolute Gasteiger partial charge is 0.457 e. The van der Waals surface area contributed by atoms with Gasteiger partial charge in [-0.15, -0.1) is 0 Å². The maximum atomic E-state index is 12.3. The second kappa shape index (κ2) is 9.01. The molecule has 0 bridgehead atoms. The summed E-state index contributed by atoms with van der Waals surface area (Å²) in [5.41, 5.74) is 2.45. The lowest BCUT2D eigenvalue weighted by molar-refractivity contribution is -0.142. The van der Waals surface area contributed by atoms with Crippen molar-refractivity contribution in [3.8, 4) is 0 Å². The third kappa shape index (κ3) is 5.19. The van der Waals surface area contributed by atoms with Crippen LogP contribution in [0.25, 0.3) is 0 Å². The molecule has 3 rings (SSSR count). The number of carbonyl (C=O) groups is 4. The Balaban J connectivity index is 1.40. The molecule has 0 unspecified atom stereocenters. The molecule has 3 amide bonds. The lowest BCUT2D eigenvalue weighted by Gasteiger charge is -2.08. The predicted molar refractivity (Wildman–Crippen MR) is 107 cm³/mol. The molecule has 2 aromatic carbocycles. The van der Waals surface area contributed by atoms with Crippen molar-refractivity contribution in [1.82, 2.24) is 5.32 Å². The quantitative estimate of drug-likeness (QED) is 0.493. The van der Waals surface area contributed by atoms with Gasteiger partial charge in [-0.3, -0.25) is 14.4 Å². The van der Waals surface area contributed by atoms with Crippen molar-refractivity contribution >= 4 is 35.1 Å². The minimum Gasteiger partial charge on any atom is -0.457 e. The van der Waals surface area contributed by atoms with E-state index in [4.69, 9.17) is 4.74 Å². The summed E-state index contributed by atoms with van der Waals surface area (Å²) in [4.78, 5) is 47.5. The first-order valence-electron chi connectivity index (χ1n) is 9.17. The van der Waals surface area contributed by atoms with Crippen LogP contribution < -0.4 is 16.0 Å². The van der Waals surface area contributed by atoms with E-state index in [2.05, 4.69) is 16.0 Å². The molecule has 8 nitrogen and oxygen atoms in total. The Morgan fingerprint density at radius 1 is 1.10 bits per heavy atom. The summed E-state index contributed by atoms with van der Waals surface area (Å²) >= 11 is 0. The highest BCUT2D eigenvalue weighted by Crippen LogP contribution is 2.32. The van der Waals surface area contributed by atoms with Crippen LogP contribution in [0.4, 0.5) is 16.2 Å². The predicted octanol–water partition coefficient (Wildman–Crippen LogP) is 2.68. The number of ether oxygens (including phenoxy) is 1. The zero-order chi connectivity index (χ0) is 20.8. The van der Waals surface area contributed by atoms with E-state index in [1.165, 1.54) is 0 Å². The topological polar surface area (TPSA) is 114 Å². The molecule has 1 heterocycles. The van der Waals surface area contributed by atoms with Crippen molar-refractivity contribution < 1.29 is 23.9 Å². The summed E-state index contributed by atoms with van der Waals surface area (Å²) in [5, 5.41) is 7.91. The van der Waals surface area contributed by atoms with Gasteiger partial charge in [-0.1, -0.05) is 18.2 Å². The number of carbonyl (C=O) groups excluding carboxylic acids is 4. The molecule has 0 saturated carbocycles. The molecular formula is C21H21N3O5. The van der Waals surface area contributed by atoms with Crippen LogP contribution in [0.1, 0.15) is 35.2 Å². The van der Waals surface area contributed by atoms with Crippen LogP contribution in [-0.4, -0.2) is 36.8 Å². The van der Waals surface area contributed by atoms with Gasteiger partial charge in [0.05, 0.1) is 12.3 Å². The molecule has 1 atom stereocenters. The fourth-order valence-corrected chi connectivity index (χ4v) is 2.87. The number of hydrogen-bond acceptors (Lipinski definition) is 5. The second-order valence-electron chi connectivity index (χ2n) is 6.59. The Morgan fingerprint density at radius 2 is 1.86 bits per heavy atom. The van der Waals surface area contributed by atoms with Crippen LogP contribution in [0.5, 0.6) is 0 Å². The number of benzene rings is 2. The third-order valence-corrected chi connectivity index (χ3v) is 4.50. The maximum absolute atomic E-state index is 12.3. The van der Waals surface area contributed by atoms with Crippen molar-refractivity contribution in [3.05, 3.63) is 59.7 Å². The number of hydrogen-bond donors (Lipinski definition) is 3. The molecule has 0 radical (unpaired) electrons. The molecule has 0 aliphatic carbocycles. The summed E-state index contributed by atoms with van der Waals surface area (Å²) < 4.78 is 4.98. The Kier molecular flexibility index (Phi) is 6.23. The van der Waals surface area contributed by atoms with Gasteiger partial charge in [0, 0.05) is 23.5 Å². The van der Waals surface area contributed by atoms with E-state index in [1.54, 1.807) is 49.4 Å². The molecule has 3 N–H and O–H groups in total. The van der Waals surface area contributed by atoms with Crippen molar-refractivity contribution in [2.75, 3.05) is 23.8 Å². The summed E-state index contributed by atoms with van der Waals surface area (Å²) in [6.07, 6.45) is -0.0604. The molecule has 1 aliphatic heterocycles. The Bertz CT molecular complexity index is 943. The van der Waals surface area contributed by atoms with Crippen molar-refractivity contribution in [2.45, 2.75) is 19.3 Å². The van der Waals surface area contributed by atoms with Gasteiger partial charge in [-0.25, -0.2) is 4.79 Å². The highest BCUT2D eigenvalue weighted by atomic mass is 16.5. The molecular weight excluding hydrogens is 374 g/mol. The summed E-state index contributed by atoms with van der Waals surface area (Å²) in [6, 6.07) is 13.4. The lowest BCUT2D eigenvalue weighted by atomic mass is 9.99. The van der Waals surface area contributed by atoms with E-state index in [0.717, 1.165) is 5.56 Å². The fourth-order valence-electron chi connectivity index (χ4n) is 2.87. The average molecular weight is 395 g/mol. The highest BCUT2D eigenvalue weighted by molar-refractivity contribution is 6.05. The normalized spacial score (nSPS) is 14.5. The number of fused-ring (bicyclic) bond motifs is 1. The van der Waals surface area contributed by atoms with Gasteiger partial charge >= 0.3 is 12.0 Å². The van der Waals surface area contributed by atoms with E-state index in [1.807, 2.05) is 6.07 Å². The molecule has 2 aromatic rings. The SMILES string of the molecule is C[C@H]1C(=O)Nc2ccc(C(=O)COC(=O)CCNC(=O)Nc3ccccc3)cc21. The molecule has 1 aliphatic rings. The van der Waals surface area contributed by atoms with E-state index >= 15 is 0 Å². The monoisotopic (exact) mass is 395 g/mol. The fraction of sp³-hybridized carbons (Fsp3) is 0.238.